The van der Waals surface area contributed by atoms with E-state index in [2.05, 4.69) is 6.92 Å². The first-order valence-electron chi connectivity index (χ1n) is 12.9. The normalized spacial score (nSPS) is 12.0. The number of ether oxygens (including phenoxy) is 1. The zero-order chi connectivity index (χ0) is 23.2. The predicted molar refractivity (Wildman–Crippen MR) is 126 cm³/mol. The summed E-state index contributed by atoms with van der Waals surface area (Å²) in [7, 11) is 0. The second-order valence-electron chi connectivity index (χ2n) is 8.77. The molecule has 0 saturated heterocycles. The van der Waals surface area contributed by atoms with Crippen LogP contribution in [-0.2, 0) is 19.1 Å². The van der Waals surface area contributed by atoms with E-state index in [1.54, 1.807) is 0 Å². The predicted octanol–water partition coefficient (Wildman–Crippen LogP) is 6.69. The molecule has 0 aromatic rings. The number of carbonyl (C=O) groups is 3. The van der Waals surface area contributed by atoms with Crippen molar-refractivity contribution in [2.24, 2.45) is 5.92 Å². The van der Waals surface area contributed by atoms with Crippen LogP contribution in [0.5, 0.6) is 0 Å². The molecule has 0 aliphatic rings. The van der Waals surface area contributed by atoms with Gasteiger partial charge in [-0.15, -0.1) is 0 Å². The standard InChI is InChI=1S/C26H48O5/c1-3-5-6-7-8-9-10-11-12-13-14-15-16-17-18-20-24(28)23(21-22-27)26(30)31-25(29)19-4-2/h23,27H,3-22H2,1-2H3. The van der Waals surface area contributed by atoms with Crippen molar-refractivity contribution in [1.29, 1.82) is 0 Å². The largest absolute Gasteiger partial charge is 0.396 e. The maximum atomic E-state index is 12.3. The summed E-state index contributed by atoms with van der Waals surface area (Å²) >= 11 is 0. The lowest BCUT2D eigenvalue weighted by molar-refractivity contribution is -0.164. The van der Waals surface area contributed by atoms with Gasteiger partial charge in [-0.1, -0.05) is 104 Å². The van der Waals surface area contributed by atoms with Gasteiger partial charge in [0.25, 0.3) is 0 Å². The summed E-state index contributed by atoms with van der Waals surface area (Å²) in [4.78, 5) is 35.8. The van der Waals surface area contributed by atoms with Gasteiger partial charge in [0.1, 0.15) is 11.7 Å². The minimum atomic E-state index is -1.02. The lowest BCUT2D eigenvalue weighted by Crippen LogP contribution is -2.29. The minimum Gasteiger partial charge on any atom is -0.396 e. The van der Waals surface area contributed by atoms with Crippen molar-refractivity contribution in [3.8, 4) is 0 Å². The maximum absolute atomic E-state index is 12.3. The number of carbonyl (C=O) groups excluding carboxylic acids is 3. The molecular formula is C26H48O5. The van der Waals surface area contributed by atoms with Gasteiger partial charge in [-0.05, 0) is 19.3 Å². The quantitative estimate of drug-likeness (QED) is 0.115. The fourth-order valence-corrected chi connectivity index (χ4v) is 3.82. The molecule has 0 rings (SSSR count). The van der Waals surface area contributed by atoms with Crippen molar-refractivity contribution in [3.05, 3.63) is 0 Å². The van der Waals surface area contributed by atoms with Gasteiger partial charge >= 0.3 is 11.9 Å². The highest BCUT2D eigenvalue weighted by molar-refractivity contribution is 6.02. The molecule has 0 heterocycles. The number of ketones is 1. The Morgan fingerprint density at radius 2 is 1.10 bits per heavy atom. The molecule has 0 fully saturated rings. The summed E-state index contributed by atoms with van der Waals surface area (Å²) in [6, 6.07) is 0. The zero-order valence-electron chi connectivity index (χ0n) is 20.3. The van der Waals surface area contributed by atoms with Gasteiger partial charge in [-0.25, -0.2) is 0 Å². The average molecular weight is 441 g/mol. The number of esters is 2. The highest BCUT2D eigenvalue weighted by Crippen LogP contribution is 2.16. The Balaban J connectivity index is 3.69. The van der Waals surface area contributed by atoms with Crippen LogP contribution in [-0.4, -0.2) is 29.4 Å². The Morgan fingerprint density at radius 3 is 1.52 bits per heavy atom. The highest BCUT2D eigenvalue weighted by atomic mass is 16.6. The van der Waals surface area contributed by atoms with Crippen molar-refractivity contribution >= 4 is 17.7 Å². The van der Waals surface area contributed by atoms with Crippen LogP contribution in [0.4, 0.5) is 0 Å². The number of unbranched alkanes of at least 4 members (excludes halogenated alkanes) is 14. The maximum Gasteiger partial charge on any atom is 0.324 e. The number of rotatable bonds is 22. The molecule has 0 saturated carbocycles. The number of Topliss-reactive ketones (excluding diaryl/α,β-unsaturated/α-hetero) is 1. The van der Waals surface area contributed by atoms with Crippen LogP contribution >= 0.6 is 0 Å². The zero-order valence-corrected chi connectivity index (χ0v) is 20.3. The van der Waals surface area contributed by atoms with Crippen LogP contribution in [0.25, 0.3) is 0 Å². The smallest absolute Gasteiger partial charge is 0.324 e. The molecule has 0 bridgehead atoms. The van der Waals surface area contributed by atoms with Crippen LogP contribution in [0.15, 0.2) is 0 Å². The topological polar surface area (TPSA) is 80.7 Å². The fourth-order valence-electron chi connectivity index (χ4n) is 3.82. The lowest BCUT2D eigenvalue weighted by atomic mass is 9.95. The molecule has 31 heavy (non-hydrogen) atoms. The third-order valence-electron chi connectivity index (χ3n) is 5.79. The van der Waals surface area contributed by atoms with E-state index in [0.29, 0.717) is 12.8 Å². The third kappa shape index (κ3) is 18.1. The summed E-state index contributed by atoms with van der Waals surface area (Å²) in [5.41, 5.74) is 0. The minimum absolute atomic E-state index is 0.0236. The van der Waals surface area contributed by atoms with E-state index >= 15 is 0 Å². The molecule has 0 aliphatic carbocycles. The molecular weight excluding hydrogens is 392 g/mol. The second-order valence-corrected chi connectivity index (χ2v) is 8.77. The van der Waals surface area contributed by atoms with Crippen molar-refractivity contribution in [1.82, 2.24) is 0 Å². The monoisotopic (exact) mass is 440 g/mol. The van der Waals surface area contributed by atoms with Gasteiger partial charge in [0, 0.05) is 19.4 Å². The summed E-state index contributed by atoms with van der Waals surface area (Å²) in [5, 5.41) is 9.13. The van der Waals surface area contributed by atoms with Crippen LogP contribution in [0.3, 0.4) is 0 Å². The Kier molecular flexibility index (Phi) is 21.1. The number of hydrogen-bond donors (Lipinski definition) is 1. The highest BCUT2D eigenvalue weighted by Gasteiger charge is 2.28. The summed E-state index contributed by atoms with van der Waals surface area (Å²) in [6.45, 7) is 3.80. The fraction of sp³-hybridized carbons (Fsp3) is 0.885. The van der Waals surface area contributed by atoms with E-state index in [4.69, 9.17) is 9.84 Å². The molecule has 1 atom stereocenters. The van der Waals surface area contributed by atoms with Crippen molar-refractivity contribution < 1.29 is 24.2 Å². The Hall–Kier alpha value is -1.23. The van der Waals surface area contributed by atoms with Crippen molar-refractivity contribution in [2.45, 2.75) is 136 Å². The van der Waals surface area contributed by atoms with E-state index in [1.807, 2.05) is 6.92 Å². The molecule has 1 N–H and O–H groups in total. The molecule has 0 amide bonds. The van der Waals surface area contributed by atoms with E-state index < -0.39 is 17.9 Å². The number of aliphatic hydroxyl groups excluding tert-OH is 1. The Morgan fingerprint density at radius 1 is 0.645 bits per heavy atom. The summed E-state index contributed by atoms with van der Waals surface area (Å²) in [5.74, 6) is -2.65. The van der Waals surface area contributed by atoms with Gasteiger partial charge < -0.3 is 9.84 Å². The van der Waals surface area contributed by atoms with Gasteiger partial charge in [-0.3, -0.25) is 14.4 Å². The van der Waals surface area contributed by atoms with E-state index in [9.17, 15) is 14.4 Å². The molecule has 0 aliphatic heterocycles. The first-order valence-corrected chi connectivity index (χ1v) is 12.9. The average Bonchev–Trinajstić information content (AvgIpc) is 2.74. The molecule has 0 spiro atoms. The van der Waals surface area contributed by atoms with Gasteiger partial charge in [0.15, 0.2) is 0 Å². The first kappa shape index (κ1) is 29.8. The molecule has 0 radical (unpaired) electrons. The summed E-state index contributed by atoms with van der Waals surface area (Å²) in [6.07, 6.45) is 20.0. The SMILES string of the molecule is CCCCCCCCCCCCCCCCCC(=O)C(CCO)C(=O)OC(=O)CCC. The number of aliphatic hydroxyl groups is 1. The van der Waals surface area contributed by atoms with Crippen molar-refractivity contribution in [3.63, 3.8) is 0 Å². The van der Waals surface area contributed by atoms with Crippen LogP contribution < -0.4 is 0 Å². The summed E-state index contributed by atoms with van der Waals surface area (Å²) < 4.78 is 4.75. The van der Waals surface area contributed by atoms with Gasteiger partial charge in [0.05, 0.1) is 0 Å². The third-order valence-corrected chi connectivity index (χ3v) is 5.79. The van der Waals surface area contributed by atoms with Gasteiger partial charge in [-0.2, -0.15) is 0 Å². The van der Waals surface area contributed by atoms with E-state index in [0.717, 1.165) is 19.3 Å². The van der Waals surface area contributed by atoms with Crippen LogP contribution in [0, 0.1) is 5.92 Å². The number of hydrogen-bond acceptors (Lipinski definition) is 5. The molecule has 0 aromatic heterocycles. The first-order chi connectivity index (χ1) is 15.1. The van der Waals surface area contributed by atoms with Gasteiger partial charge in [0.2, 0.25) is 0 Å². The Bertz CT molecular complexity index is 461. The molecule has 5 heteroatoms. The van der Waals surface area contributed by atoms with E-state index in [1.165, 1.54) is 77.0 Å². The van der Waals surface area contributed by atoms with E-state index in [-0.39, 0.29) is 25.2 Å². The van der Waals surface area contributed by atoms with Crippen LogP contribution in [0.1, 0.15) is 136 Å². The molecule has 182 valence electrons. The second kappa shape index (κ2) is 22.0. The molecule has 0 aromatic carbocycles. The van der Waals surface area contributed by atoms with Crippen LogP contribution in [0.2, 0.25) is 0 Å². The molecule has 1 unspecified atom stereocenters. The molecule has 5 nitrogen and oxygen atoms in total. The van der Waals surface area contributed by atoms with Crippen molar-refractivity contribution in [2.75, 3.05) is 6.61 Å². The Labute approximate surface area is 190 Å². The lowest BCUT2D eigenvalue weighted by Gasteiger charge is -2.13.